The fourth-order valence-electron chi connectivity index (χ4n) is 2.72. The number of nitrogens with zero attached hydrogens (tertiary/aromatic N) is 3. The molecule has 1 amide bonds. The van der Waals surface area contributed by atoms with E-state index >= 15 is 0 Å². The summed E-state index contributed by atoms with van der Waals surface area (Å²) in [5.74, 6) is 3.85. The molecule has 1 atom stereocenters. The van der Waals surface area contributed by atoms with E-state index in [9.17, 15) is 9.00 Å². The van der Waals surface area contributed by atoms with Crippen LogP contribution < -0.4 is 5.32 Å². The molecule has 142 valence electrons. The first-order chi connectivity index (χ1) is 12.2. The fourth-order valence-corrected chi connectivity index (χ4v) is 7.43. The van der Waals surface area contributed by atoms with Gasteiger partial charge in [0.05, 0.1) is 24.5 Å². The van der Waals surface area contributed by atoms with Crippen LogP contribution in [0.2, 0.25) is 4.34 Å². The number of amides is 1. The van der Waals surface area contributed by atoms with Gasteiger partial charge in [-0.25, -0.2) is 13.5 Å². The molecule has 1 N–H and O–H groups in total. The summed E-state index contributed by atoms with van der Waals surface area (Å²) in [5.41, 5.74) is 1.57. The summed E-state index contributed by atoms with van der Waals surface area (Å²) in [6, 6.07) is 1.86. The van der Waals surface area contributed by atoms with Gasteiger partial charge in [-0.3, -0.25) is 4.79 Å². The zero-order chi connectivity index (χ0) is 19.1. The Bertz CT molecular complexity index is 927. The summed E-state index contributed by atoms with van der Waals surface area (Å²) in [4.78, 5) is 18.7. The summed E-state index contributed by atoms with van der Waals surface area (Å²) < 4.78 is 16.5. The molecule has 0 spiro atoms. The lowest BCUT2D eigenvalue weighted by Gasteiger charge is -2.33. The molecule has 1 saturated heterocycles. The summed E-state index contributed by atoms with van der Waals surface area (Å²) in [6.07, 6.45) is 0. The highest BCUT2D eigenvalue weighted by Gasteiger charge is 2.26. The van der Waals surface area contributed by atoms with Crippen LogP contribution >= 0.6 is 34.3 Å². The number of aromatic nitrogens is 1. The first kappa shape index (κ1) is 19.8. The van der Waals surface area contributed by atoms with Crippen LogP contribution in [0.1, 0.15) is 12.6 Å². The van der Waals surface area contributed by atoms with Gasteiger partial charge in [-0.05, 0) is 25.9 Å². The zero-order valence-electron chi connectivity index (χ0n) is 14.9. The van der Waals surface area contributed by atoms with Crippen molar-refractivity contribution in [3.05, 3.63) is 16.1 Å². The maximum atomic E-state index is 13.4. The highest BCUT2D eigenvalue weighted by Crippen LogP contribution is 2.43. The molecular weight excluding hydrogens is 412 g/mol. The smallest absolute Gasteiger partial charge is 0.223 e. The second kappa shape index (κ2) is 7.57. The number of carbonyl (C=O) groups excluding carboxylic acids is 1. The maximum absolute atomic E-state index is 13.4. The average Bonchev–Trinajstić information content (AvgIpc) is 3.10. The predicted octanol–water partition coefficient (Wildman–Crippen LogP) is 3.03. The number of hydrogen-bond donors (Lipinski definition) is 1. The van der Waals surface area contributed by atoms with E-state index in [1.165, 1.54) is 29.6 Å². The van der Waals surface area contributed by atoms with E-state index in [2.05, 4.69) is 28.1 Å². The van der Waals surface area contributed by atoms with E-state index in [-0.39, 0.29) is 5.91 Å². The molecule has 0 bridgehead atoms. The predicted molar refractivity (Wildman–Crippen MR) is 112 cm³/mol. The van der Waals surface area contributed by atoms with Gasteiger partial charge in [-0.15, -0.1) is 11.3 Å². The number of thiazole rings is 1. The number of likely N-dealkylation sites (N-methyl/N-ethyl adjacent to an activating group) is 1. The molecule has 1 aliphatic rings. The van der Waals surface area contributed by atoms with Crippen LogP contribution in [0.3, 0.4) is 0 Å². The van der Waals surface area contributed by atoms with Crippen molar-refractivity contribution in [2.24, 2.45) is 0 Å². The van der Waals surface area contributed by atoms with E-state index in [4.69, 9.17) is 11.6 Å². The van der Waals surface area contributed by atoms with Crippen molar-refractivity contribution in [3.8, 4) is 10.4 Å². The van der Waals surface area contributed by atoms with Gasteiger partial charge in [0, 0.05) is 38.7 Å². The summed E-state index contributed by atoms with van der Waals surface area (Å²) in [7, 11) is -0.508. The number of halogens is 1. The minimum Gasteiger partial charge on any atom is -0.304 e. The largest absolute Gasteiger partial charge is 0.304 e. The van der Waals surface area contributed by atoms with Crippen molar-refractivity contribution < 1.29 is 9.00 Å². The molecule has 0 saturated carbocycles. The van der Waals surface area contributed by atoms with Gasteiger partial charge in [0.15, 0.2) is 5.13 Å². The molecule has 0 aromatic carbocycles. The van der Waals surface area contributed by atoms with Crippen molar-refractivity contribution in [1.29, 1.82) is 0 Å². The third-order valence-corrected chi connectivity index (χ3v) is 9.42. The minimum atomic E-state index is -2.56. The fraction of sp³-hybridized carbons (Fsp3) is 0.438. The minimum absolute atomic E-state index is 0.168. The Kier molecular flexibility index (Phi) is 5.76. The topological polar surface area (TPSA) is 65.5 Å². The number of carbonyl (C=O) groups is 1. The van der Waals surface area contributed by atoms with Crippen LogP contribution in [-0.4, -0.2) is 63.4 Å². The molecule has 3 rings (SSSR count). The normalized spacial score (nSPS) is 18.6. The van der Waals surface area contributed by atoms with Crippen LogP contribution in [0, 0.1) is 6.92 Å². The molecule has 0 aliphatic carbocycles. The van der Waals surface area contributed by atoms with Crippen molar-refractivity contribution in [2.45, 2.75) is 18.1 Å². The van der Waals surface area contributed by atoms with Gasteiger partial charge < -0.3 is 10.2 Å². The lowest BCUT2D eigenvalue weighted by Crippen LogP contribution is -2.46. The molecule has 1 unspecified atom stereocenters. The highest BCUT2D eigenvalue weighted by molar-refractivity contribution is 8.00. The average molecular weight is 433 g/mol. The second-order valence-corrected chi connectivity index (χ2v) is 11.4. The molecule has 2 aromatic heterocycles. The number of aryl methyl sites for hydroxylation is 1. The molecule has 6 nitrogen and oxygen atoms in total. The van der Waals surface area contributed by atoms with Crippen molar-refractivity contribution in [3.63, 3.8) is 0 Å². The van der Waals surface area contributed by atoms with E-state index in [1.54, 1.807) is 0 Å². The number of nitrogens with one attached hydrogen (secondary N) is 1. The number of rotatable bonds is 4. The van der Waals surface area contributed by atoms with Gasteiger partial charge >= 0.3 is 0 Å². The molecule has 0 radical (unpaired) electrons. The summed E-state index contributed by atoms with van der Waals surface area (Å²) >= 11 is 9.13. The van der Waals surface area contributed by atoms with Gasteiger partial charge in [0.25, 0.3) is 0 Å². The molecular formula is C16H21ClN4O2S3. The molecule has 1 aliphatic heterocycles. The Balaban J connectivity index is 1.92. The van der Waals surface area contributed by atoms with Crippen LogP contribution in [0.5, 0.6) is 0 Å². The van der Waals surface area contributed by atoms with Gasteiger partial charge in [-0.2, -0.15) is 0 Å². The molecule has 2 aromatic rings. The highest BCUT2D eigenvalue weighted by atomic mass is 35.5. The summed E-state index contributed by atoms with van der Waals surface area (Å²) in [6.45, 7) is 6.48. The number of piperazine rings is 1. The Hall–Kier alpha value is -0.970. The Morgan fingerprint density at radius 3 is 2.62 bits per heavy atom. The van der Waals surface area contributed by atoms with E-state index in [0.717, 1.165) is 42.3 Å². The molecule has 3 heterocycles. The van der Waals surface area contributed by atoms with Crippen LogP contribution in [0.25, 0.3) is 10.4 Å². The van der Waals surface area contributed by atoms with Gasteiger partial charge in [0.2, 0.25) is 5.91 Å². The van der Waals surface area contributed by atoms with Crippen molar-refractivity contribution in [2.75, 3.05) is 38.5 Å². The third kappa shape index (κ3) is 3.97. The van der Waals surface area contributed by atoms with Gasteiger partial charge in [-0.1, -0.05) is 22.9 Å². The first-order valence-corrected chi connectivity index (χ1v) is 11.7. The van der Waals surface area contributed by atoms with Crippen molar-refractivity contribution >= 4 is 60.9 Å². The van der Waals surface area contributed by atoms with E-state index in [1.807, 2.05) is 17.3 Å². The van der Waals surface area contributed by atoms with Gasteiger partial charge in [0.1, 0.15) is 4.34 Å². The van der Waals surface area contributed by atoms with Crippen LogP contribution in [0.15, 0.2) is 10.3 Å². The maximum Gasteiger partial charge on any atom is 0.223 e. The third-order valence-electron chi connectivity index (χ3n) is 4.18. The Morgan fingerprint density at radius 1 is 1.35 bits per heavy atom. The second-order valence-electron chi connectivity index (χ2n) is 6.24. The van der Waals surface area contributed by atoms with Crippen LogP contribution in [-0.2, 0) is 14.5 Å². The lowest BCUT2D eigenvalue weighted by molar-refractivity contribution is -0.114. The van der Waals surface area contributed by atoms with E-state index in [0.29, 0.717) is 13.7 Å². The lowest BCUT2D eigenvalue weighted by atomic mass is 10.2. The zero-order valence-corrected chi connectivity index (χ0v) is 18.1. The quantitative estimate of drug-likeness (QED) is 0.754. The standard InChI is InChI=1S/C16H21ClN4O2S3/c1-10-14(25-16(18-10)19-11(2)22)12-9-13(24-15(12)17)26(4,23)21-7-5-20(3)6-8-21/h9H,4-8H2,1-3H3,(H,18,19,22). The first-order valence-electron chi connectivity index (χ1n) is 8.04. The molecule has 26 heavy (non-hydrogen) atoms. The van der Waals surface area contributed by atoms with Crippen molar-refractivity contribution in [1.82, 2.24) is 14.2 Å². The van der Waals surface area contributed by atoms with Crippen LogP contribution in [0.4, 0.5) is 5.13 Å². The molecule has 1 fully saturated rings. The Labute approximate surface area is 166 Å². The summed E-state index contributed by atoms with van der Waals surface area (Å²) in [5, 5.41) is 3.23. The van der Waals surface area contributed by atoms with E-state index < -0.39 is 9.71 Å². The monoisotopic (exact) mass is 432 g/mol. The number of hydrogen-bond acceptors (Lipinski definition) is 6. The molecule has 10 heteroatoms. The SMILES string of the molecule is C=S(=O)(c1cc(-c2sc(NC(C)=O)nc2C)c(Cl)s1)N1CCN(C)CC1. The number of thiophene rings is 1. The number of anilines is 1. The Morgan fingerprint density at radius 2 is 2.00 bits per heavy atom.